The van der Waals surface area contributed by atoms with E-state index in [1.54, 1.807) is 6.92 Å². The highest BCUT2D eigenvalue weighted by Gasteiger charge is 2.08. The van der Waals surface area contributed by atoms with Crippen molar-refractivity contribution >= 4 is 16.9 Å². The van der Waals surface area contributed by atoms with Crippen LogP contribution in [0.15, 0.2) is 66.7 Å². The molecule has 2 aromatic carbocycles. The molecule has 0 saturated carbocycles. The second-order valence-electron chi connectivity index (χ2n) is 5.65. The van der Waals surface area contributed by atoms with Crippen molar-refractivity contribution in [3.8, 4) is 17.0 Å². The van der Waals surface area contributed by atoms with E-state index in [-0.39, 0.29) is 6.79 Å². The van der Waals surface area contributed by atoms with Crippen LogP contribution in [0.4, 0.5) is 0 Å². The highest BCUT2D eigenvalue weighted by molar-refractivity contribution is 5.87. The van der Waals surface area contributed by atoms with Crippen LogP contribution in [0.1, 0.15) is 6.92 Å². The number of aryl methyl sites for hydroxylation is 1. The van der Waals surface area contributed by atoms with Crippen molar-refractivity contribution in [1.29, 1.82) is 0 Å². The van der Waals surface area contributed by atoms with Gasteiger partial charge in [0.2, 0.25) is 6.79 Å². The summed E-state index contributed by atoms with van der Waals surface area (Å²) >= 11 is 0. The third-order valence-electron chi connectivity index (χ3n) is 3.87. The molecule has 0 fully saturated rings. The molecule has 4 heteroatoms. The predicted molar refractivity (Wildman–Crippen MR) is 94.8 cm³/mol. The lowest BCUT2D eigenvalue weighted by atomic mass is 10.1. The number of fused-ring (bicyclic) bond motifs is 1. The van der Waals surface area contributed by atoms with Crippen LogP contribution in [-0.4, -0.2) is 17.3 Å². The Kier molecular flexibility index (Phi) is 4.38. The Hall–Kier alpha value is -3.01. The lowest BCUT2D eigenvalue weighted by Gasteiger charge is -2.09. The molecule has 0 unspecified atom stereocenters. The molecular formula is C20H19NO3. The molecule has 4 nitrogen and oxygen atoms in total. The first kappa shape index (κ1) is 15.9. The van der Waals surface area contributed by atoms with Crippen LogP contribution in [0, 0.1) is 0 Å². The first-order valence-electron chi connectivity index (χ1n) is 7.66. The minimum Gasteiger partial charge on any atom is -0.457 e. The molecule has 0 aliphatic rings. The highest BCUT2D eigenvalue weighted by Crippen LogP contribution is 2.28. The maximum absolute atomic E-state index is 11.3. The van der Waals surface area contributed by atoms with Crippen LogP contribution in [0.5, 0.6) is 5.75 Å². The SMILES string of the molecule is C=C(C)C(=O)OCOc1ccc(-c2cc3ccccc3n2C)cc1. The molecule has 0 bridgehead atoms. The van der Waals surface area contributed by atoms with Gasteiger partial charge in [-0.05, 0) is 48.9 Å². The second kappa shape index (κ2) is 6.62. The molecule has 0 amide bonds. The average molecular weight is 321 g/mol. The van der Waals surface area contributed by atoms with Gasteiger partial charge in [0.25, 0.3) is 0 Å². The lowest BCUT2D eigenvalue weighted by molar-refractivity contribution is -0.145. The summed E-state index contributed by atoms with van der Waals surface area (Å²) in [5, 5.41) is 1.21. The number of nitrogens with zero attached hydrogens (tertiary/aromatic N) is 1. The van der Waals surface area contributed by atoms with Gasteiger partial charge in [-0.2, -0.15) is 0 Å². The van der Waals surface area contributed by atoms with Gasteiger partial charge in [0.15, 0.2) is 0 Å². The zero-order valence-corrected chi connectivity index (χ0v) is 13.8. The topological polar surface area (TPSA) is 40.5 Å². The number of esters is 1. The van der Waals surface area contributed by atoms with Gasteiger partial charge in [-0.3, -0.25) is 0 Å². The fourth-order valence-corrected chi connectivity index (χ4v) is 2.56. The van der Waals surface area contributed by atoms with Gasteiger partial charge in [-0.1, -0.05) is 24.8 Å². The van der Waals surface area contributed by atoms with E-state index in [1.165, 1.54) is 10.9 Å². The third kappa shape index (κ3) is 3.18. The standard InChI is InChI=1S/C20H19NO3/c1-14(2)20(22)24-13-23-17-10-8-15(9-11-17)19-12-16-6-4-5-7-18(16)21(19)3/h4-12H,1,13H2,2-3H3. The van der Waals surface area contributed by atoms with Gasteiger partial charge in [0, 0.05) is 29.2 Å². The summed E-state index contributed by atoms with van der Waals surface area (Å²) in [5.74, 6) is 0.189. The minimum atomic E-state index is -0.456. The fraction of sp³-hybridized carbons (Fsp3) is 0.150. The average Bonchev–Trinajstić information content (AvgIpc) is 2.92. The van der Waals surface area contributed by atoms with Crippen LogP contribution >= 0.6 is 0 Å². The Labute approximate surface area is 140 Å². The molecule has 24 heavy (non-hydrogen) atoms. The smallest absolute Gasteiger partial charge is 0.335 e. The molecule has 0 atom stereocenters. The molecule has 1 heterocycles. The normalized spacial score (nSPS) is 10.6. The van der Waals surface area contributed by atoms with E-state index in [2.05, 4.69) is 36.4 Å². The number of para-hydroxylation sites is 1. The van der Waals surface area contributed by atoms with Crippen LogP contribution in [0.2, 0.25) is 0 Å². The third-order valence-corrected chi connectivity index (χ3v) is 3.87. The predicted octanol–water partition coefficient (Wildman–Crippen LogP) is 4.30. The van der Waals surface area contributed by atoms with E-state index < -0.39 is 5.97 Å². The largest absolute Gasteiger partial charge is 0.457 e. The summed E-state index contributed by atoms with van der Waals surface area (Å²) in [6, 6.07) is 18.2. The molecular weight excluding hydrogens is 302 g/mol. The van der Waals surface area contributed by atoms with Crippen LogP contribution in [0.25, 0.3) is 22.2 Å². The maximum atomic E-state index is 11.3. The monoisotopic (exact) mass is 321 g/mol. The molecule has 0 saturated heterocycles. The molecule has 0 aliphatic heterocycles. The van der Waals surface area contributed by atoms with E-state index in [4.69, 9.17) is 9.47 Å². The van der Waals surface area contributed by atoms with Crippen molar-refractivity contribution in [2.24, 2.45) is 7.05 Å². The molecule has 0 spiro atoms. The number of hydrogen-bond acceptors (Lipinski definition) is 3. The van der Waals surface area contributed by atoms with Crippen molar-refractivity contribution in [2.45, 2.75) is 6.92 Å². The van der Waals surface area contributed by atoms with Crippen LogP contribution in [-0.2, 0) is 16.6 Å². The number of ether oxygens (including phenoxy) is 2. The Balaban J connectivity index is 1.73. The second-order valence-corrected chi connectivity index (χ2v) is 5.65. The summed E-state index contributed by atoms with van der Waals surface area (Å²) in [7, 11) is 2.05. The summed E-state index contributed by atoms with van der Waals surface area (Å²) in [6.45, 7) is 4.99. The zero-order chi connectivity index (χ0) is 17.1. The van der Waals surface area contributed by atoms with Crippen molar-refractivity contribution in [2.75, 3.05) is 6.79 Å². The summed E-state index contributed by atoms with van der Waals surface area (Å²) in [4.78, 5) is 11.3. The quantitative estimate of drug-likeness (QED) is 0.399. The number of carbonyl (C=O) groups excluding carboxylic acids is 1. The summed E-state index contributed by atoms with van der Waals surface area (Å²) in [6.07, 6.45) is 0. The molecule has 0 N–H and O–H groups in total. The fourth-order valence-electron chi connectivity index (χ4n) is 2.56. The first-order valence-corrected chi connectivity index (χ1v) is 7.66. The van der Waals surface area contributed by atoms with Gasteiger partial charge in [0.1, 0.15) is 5.75 Å². The highest BCUT2D eigenvalue weighted by atomic mass is 16.7. The van der Waals surface area contributed by atoms with Crippen molar-refractivity contribution in [1.82, 2.24) is 4.57 Å². The molecule has 1 aromatic heterocycles. The Morgan fingerprint density at radius 2 is 1.83 bits per heavy atom. The van der Waals surface area contributed by atoms with Crippen molar-refractivity contribution in [3.05, 3.63) is 66.7 Å². The number of carbonyl (C=O) groups is 1. The van der Waals surface area contributed by atoms with Gasteiger partial charge in [-0.15, -0.1) is 0 Å². The van der Waals surface area contributed by atoms with Crippen LogP contribution in [0.3, 0.4) is 0 Å². The molecule has 3 rings (SSSR count). The molecule has 3 aromatic rings. The molecule has 0 aliphatic carbocycles. The number of hydrogen-bond donors (Lipinski definition) is 0. The van der Waals surface area contributed by atoms with Gasteiger partial charge in [-0.25, -0.2) is 4.79 Å². The van der Waals surface area contributed by atoms with E-state index in [9.17, 15) is 4.79 Å². The maximum Gasteiger partial charge on any atom is 0.335 e. The Bertz CT molecular complexity index is 891. The zero-order valence-electron chi connectivity index (χ0n) is 13.8. The summed E-state index contributed by atoms with van der Waals surface area (Å²) in [5.41, 5.74) is 3.78. The van der Waals surface area contributed by atoms with Crippen molar-refractivity contribution < 1.29 is 14.3 Å². The number of aromatic nitrogens is 1. The van der Waals surface area contributed by atoms with E-state index in [0.717, 1.165) is 11.3 Å². The van der Waals surface area contributed by atoms with Crippen molar-refractivity contribution in [3.63, 3.8) is 0 Å². The van der Waals surface area contributed by atoms with Gasteiger partial charge >= 0.3 is 5.97 Å². The Morgan fingerprint density at radius 1 is 1.12 bits per heavy atom. The number of benzene rings is 2. The number of rotatable bonds is 5. The van der Waals surface area contributed by atoms with E-state index in [1.807, 2.05) is 36.4 Å². The first-order chi connectivity index (χ1) is 11.6. The van der Waals surface area contributed by atoms with E-state index >= 15 is 0 Å². The van der Waals surface area contributed by atoms with E-state index in [0.29, 0.717) is 11.3 Å². The summed E-state index contributed by atoms with van der Waals surface area (Å²) < 4.78 is 12.5. The molecule has 0 radical (unpaired) electrons. The van der Waals surface area contributed by atoms with Crippen LogP contribution < -0.4 is 4.74 Å². The lowest BCUT2D eigenvalue weighted by Crippen LogP contribution is -2.10. The Morgan fingerprint density at radius 3 is 2.50 bits per heavy atom. The van der Waals surface area contributed by atoms with Gasteiger partial charge < -0.3 is 14.0 Å². The van der Waals surface area contributed by atoms with Gasteiger partial charge in [0.05, 0.1) is 0 Å². The minimum absolute atomic E-state index is 0.126. The molecule has 122 valence electrons.